The molecule has 3 fully saturated rings. The van der Waals surface area contributed by atoms with E-state index in [1.54, 1.807) is 11.8 Å². The molecule has 0 spiro atoms. The highest BCUT2D eigenvalue weighted by Gasteiger charge is 2.58. The van der Waals surface area contributed by atoms with E-state index in [4.69, 9.17) is 0 Å². The van der Waals surface area contributed by atoms with Gasteiger partial charge in [-0.25, -0.2) is 0 Å². The van der Waals surface area contributed by atoms with Crippen molar-refractivity contribution in [1.29, 1.82) is 0 Å². The smallest absolute Gasteiger partial charge is 0.159 e. The van der Waals surface area contributed by atoms with Gasteiger partial charge in [0.25, 0.3) is 0 Å². The van der Waals surface area contributed by atoms with Crippen molar-refractivity contribution < 1.29 is 9.90 Å². The molecule has 0 heterocycles. The molecule has 1 aromatic rings. The zero-order chi connectivity index (χ0) is 20.1. The summed E-state index contributed by atoms with van der Waals surface area (Å²) in [7, 11) is 0. The van der Waals surface area contributed by atoms with E-state index in [9.17, 15) is 9.90 Å². The Hall–Kier alpha value is -1.06. The number of benzene rings is 1. The van der Waals surface area contributed by atoms with E-state index in [0.717, 1.165) is 36.0 Å². The number of thioether (sulfide) groups is 1. The molecule has 1 N–H and O–H groups in total. The number of hydrogen-bond acceptors (Lipinski definition) is 3. The molecule has 0 radical (unpaired) electrons. The zero-order valence-corrected chi connectivity index (χ0v) is 18.5. The standard InChI is InChI=1S/C26H34O2S/c1-25-13-5-8-21(25)19-9-10-22-20(16-29-18-6-3-2-4-7-18)24(28)12-15-26(22,17-27)23(19)11-14-25/h2-4,6-7,19,21,23,27H,5,8-17H2,1H3/t19-,21-,23+,25-,26+/m0/s1. The molecule has 3 heteroatoms. The summed E-state index contributed by atoms with van der Waals surface area (Å²) in [4.78, 5) is 14.2. The van der Waals surface area contributed by atoms with Gasteiger partial charge in [0.2, 0.25) is 0 Å². The van der Waals surface area contributed by atoms with Crippen LogP contribution in [0.4, 0.5) is 0 Å². The fourth-order valence-corrected chi connectivity index (χ4v) is 8.72. The van der Waals surface area contributed by atoms with Gasteiger partial charge in [-0.1, -0.05) is 37.1 Å². The Kier molecular flexibility index (Phi) is 5.19. The van der Waals surface area contributed by atoms with Crippen LogP contribution < -0.4 is 0 Å². The second-order valence-corrected chi connectivity index (χ2v) is 11.3. The number of carbonyl (C=O) groups excluding carboxylic acids is 1. The SMILES string of the molecule is C[C@@]12CCC[C@H]1[C@@H]1CCC3=C(CSc4ccccc4)C(=O)CC[C@]3(CO)[C@@H]1CC2. The molecule has 4 aliphatic rings. The van der Waals surface area contributed by atoms with E-state index in [-0.39, 0.29) is 12.0 Å². The molecule has 0 aromatic heterocycles. The molecule has 5 atom stereocenters. The molecule has 0 saturated heterocycles. The lowest BCUT2D eigenvalue weighted by molar-refractivity contribution is -0.120. The van der Waals surface area contributed by atoms with Crippen LogP contribution in [0.2, 0.25) is 0 Å². The predicted molar refractivity (Wildman–Crippen MR) is 119 cm³/mol. The summed E-state index contributed by atoms with van der Waals surface area (Å²) in [6.45, 7) is 2.77. The van der Waals surface area contributed by atoms with E-state index in [2.05, 4.69) is 31.2 Å². The molecule has 2 nitrogen and oxygen atoms in total. The van der Waals surface area contributed by atoms with Crippen LogP contribution in [0.25, 0.3) is 0 Å². The number of aliphatic hydroxyl groups is 1. The minimum Gasteiger partial charge on any atom is -0.395 e. The van der Waals surface area contributed by atoms with Crippen molar-refractivity contribution in [1.82, 2.24) is 0 Å². The van der Waals surface area contributed by atoms with Crippen molar-refractivity contribution in [2.45, 2.75) is 69.6 Å². The van der Waals surface area contributed by atoms with Crippen molar-refractivity contribution in [2.24, 2.45) is 28.6 Å². The minimum absolute atomic E-state index is 0.118. The molecular formula is C26H34O2S. The van der Waals surface area contributed by atoms with Crippen LogP contribution in [0, 0.1) is 28.6 Å². The average molecular weight is 411 g/mol. The predicted octanol–water partition coefficient (Wildman–Crippen LogP) is 6.04. The summed E-state index contributed by atoms with van der Waals surface area (Å²) in [5.41, 5.74) is 2.82. The number of Topliss-reactive ketones (excluding diaryl/α,β-unsaturated/α-hetero) is 1. The van der Waals surface area contributed by atoms with Crippen LogP contribution in [0.3, 0.4) is 0 Å². The quantitative estimate of drug-likeness (QED) is 0.615. The average Bonchev–Trinajstić information content (AvgIpc) is 3.15. The van der Waals surface area contributed by atoms with Gasteiger partial charge in [0, 0.05) is 28.1 Å². The third-order valence-electron chi connectivity index (χ3n) is 9.16. The van der Waals surface area contributed by atoms with E-state index >= 15 is 0 Å². The summed E-state index contributed by atoms with van der Waals surface area (Å²) >= 11 is 1.78. The normalized spacial score (nSPS) is 39.1. The van der Waals surface area contributed by atoms with Crippen LogP contribution in [0.5, 0.6) is 0 Å². The number of hydrogen-bond donors (Lipinski definition) is 1. The number of aliphatic hydroxyl groups excluding tert-OH is 1. The highest BCUT2D eigenvalue weighted by molar-refractivity contribution is 7.99. The summed E-state index contributed by atoms with van der Waals surface area (Å²) in [5, 5.41) is 10.8. The van der Waals surface area contributed by atoms with Crippen molar-refractivity contribution >= 4 is 17.5 Å². The molecule has 29 heavy (non-hydrogen) atoms. The summed E-state index contributed by atoms with van der Waals surface area (Å²) in [6, 6.07) is 10.4. The van der Waals surface area contributed by atoms with Gasteiger partial charge in [-0.3, -0.25) is 4.79 Å². The molecule has 5 rings (SSSR count). The van der Waals surface area contributed by atoms with Gasteiger partial charge in [0.1, 0.15) is 0 Å². The van der Waals surface area contributed by atoms with E-state index < -0.39 is 0 Å². The fraction of sp³-hybridized carbons (Fsp3) is 0.654. The minimum atomic E-state index is -0.118. The number of rotatable bonds is 4. The maximum Gasteiger partial charge on any atom is 0.159 e. The van der Waals surface area contributed by atoms with Crippen LogP contribution >= 0.6 is 11.8 Å². The Morgan fingerprint density at radius 3 is 2.66 bits per heavy atom. The van der Waals surface area contributed by atoms with Crippen LogP contribution in [0.15, 0.2) is 46.4 Å². The van der Waals surface area contributed by atoms with Gasteiger partial charge in [0.15, 0.2) is 5.78 Å². The second kappa shape index (κ2) is 7.57. The number of fused-ring (bicyclic) bond motifs is 5. The van der Waals surface area contributed by atoms with Gasteiger partial charge in [0.05, 0.1) is 6.61 Å². The first kappa shape index (κ1) is 19.9. The molecule has 0 aliphatic heterocycles. The van der Waals surface area contributed by atoms with Gasteiger partial charge in [-0.15, -0.1) is 11.8 Å². The Bertz CT molecular complexity index is 815. The summed E-state index contributed by atoms with van der Waals surface area (Å²) < 4.78 is 0. The van der Waals surface area contributed by atoms with E-state index in [1.165, 1.54) is 49.0 Å². The Morgan fingerprint density at radius 1 is 1.03 bits per heavy atom. The monoisotopic (exact) mass is 410 g/mol. The number of ketones is 1. The summed E-state index contributed by atoms with van der Waals surface area (Å²) in [6.07, 6.45) is 10.5. The molecule has 156 valence electrons. The Labute approximate surface area is 179 Å². The third kappa shape index (κ3) is 3.15. The maximum absolute atomic E-state index is 13.0. The van der Waals surface area contributed by atoms with Gasteiger partial charge in [-0.2, -0.15) is 0 Å². The van der Waals surface area contributed by atoms with Gasteiger partial charge < -0.3 is 5.11 Å². The molecule has 3 saturated carbocycles. The van der Waals surface area contributed by atoms with Gasteiger partial charge in [-0.05, 0) is 80.2 Å². The maximum atomic E-state index is 13.0. The third-order valence-corrected chi connectivity index (χ3v) is 10.2. The Morgan fingerprint density at radius 2 is 1.86 bits per heavy atom. The molecule has 0 bridgehead atoms. The molecule has 0 amide bonds. The lowest BCUT2D eigenvalue weighted by atomic mass is 9.46. The number of carbonyl (C=O) groups is 1. The van der Waals surface area contributed by atoms with Crippen molar-refractivity contribution in [2.75, 3.05) is 12.4 Å². The van der Waals surface area contributed by atoms with Crippen LogP contribution in [0.1, 0.15) is 64.7 Å². The lowest BCUT2D eigenvalue weighted by Gasteiger charge is -2.58. The topological polar surface area (TPSA) is 37.3 Å². The van der Waals surface area contributed by atoms with Crippen molar-refractivity contribution in [3.05, 3.63) is 41.5 Å². The first-order valence-corrected chi connectivity index (χ1v) is 12.6. The zero-order valence-electron chi connectivity index (χ0n) is 17.7. The lowest BCUT2D eigenvalue weighted by Crippen LogP contribution is -2.52. The van der Waals surface area contributed by atoms with Crippen LogP contribution in [-0.4, -0.2) is 23.2 Å². The Balaban J connectivity index is 1.47. The van der Waals surface area contributed by atoms with E-state index in [0.29, 0.717) is 23.5 Å². The summed E-state index contributed by atoms with van der Waals surface area (Å²) in [5.74, 6) is 3.28. The van der Waals surface area contributed by atoms with Crippen molar-refractivity contribution in [3.63, 3.8) is 0 Å². The first-order chi connectivity index (χ1) is 14.1. The highest BCUT2D eigenvalue weighted by atomic mass is 32.2. The van der Waals surface area contributed by atoms with Crippen LogP contribution in [-0.2, 0) is 4.79 Å². The fourth-order valence-electron chi connectivity index (χ4n) is 7.73. The van der Waals surface area contributed by atoms with Crippen molar-refractivity contribution in [3.8, 4) is 0 Å². The highest BCUT2D eigenvalue weighted by Crippen LogP contribution is 2.65. The first-order valence-electron chi connectivity index (χ1n) is 11.6. The molecular weight excluding hydrogens is 376 g/mol. The molecule has 1 aromatic carbocycles. The van der Waals surface area contributed by atoms with Gasteiger partial charge >= 0.3 is 0 Å². The molecule has 4 aliphatic carbocycles. The molecule has 0 unspecified atom stereocenters. The second-order valence-electron chi connectivity index (χ2n) is 10.3. The van der Waals surface area contributed by atoms with E-state index in [1.807, 2.05) is 6.07 Å². The largest absolute Gasteiger partial charge is 0.395 e.